The lowest BCUT2D eigenvalue weighted by atomic mass is 9.83. The van der Waals surface area contributed by atoms with Gasteiger partial charge in [-0.2, -0.15) is 0 Å². The molecule has 1 aliphatic heterocycles. The van der Waals surface area contributed by atoms with Gasteiger partial charge in [-0.05, 0) is 38.0 Å². The minimum atomic E-state index is -3.28. The standard InChI is InChI=1S/C15H21FN2O3S/c1-15(2,11-4-6-12(16)7-5-11)14(19)18-9-8-13(10-18)17-22(3,20)21/h4-7,13,17H,8-10H2,1-3H3. The molecule has 5 nitrogen and oxygen atoms in total. The average Bonchev–Trinajstić information content (AvgIpc) is 2.84. The molecule has 0 aromatic heterocycles. The summed E-state index contributed by atoms with van der Waals surface area (Å²) < 4.78 is 38.1. The van der Waals surface area contributed by atoms with Crippen LogP contribution in [0, 0.1) is 5.82 Å². The van der Waals surface area contributed by atoms with E-state index in [-0.39, 0.29) is 17.8 Å². The van der Waals surface area contributed by atoms with Crippen molar-refractivity contribution < 1.29 is 17.6 Å². The van der Waals surface area contributed by atoms with Crippen molar-refractivity contribution in [2.45, 2.75) is 31.7 Å². The molecule has 0 saturated carbocycles. The summed E-state index contributed by atoms with van der Waals surface area (Å²) in [5.74, 6) is -0.428. The van der Waals surface area contributed by atoms with Gasteiger partial charge in [-0.3, -0.25) is 4.79 Å². The van der Waals surface area contributed by atoms with E-state index < -0.39 is 15.4 Å². The maximum absolute atomic E-state index is 13.0. The van der Waals surface area contributed by atoms with Gasteiger partial charge >= 0.3 is 0 Å². The van der Waals surface area contributed by atoms with Crippen molar-refractivity contribution >= 4 is 15.9 Å². The first kappa shape index (κ1) is 16.9. The first-order valence-corrected chi connectivity index (χ1v) is 9.01. The third-order valence-corrected chi connectivity index (χ3v) is 4.72. The molecular weight excluding hydrogens is 307 g/mol. The molecule has 0 bridgehead atoms. The molecule has 1 aromatic rings. The molecule has 7 heteroatoms. The molecule has 1 amide bonds. The van der Waals surface area contributed by atoms with Crippen LogP contribution in [-0.4, -0.2) is 44.6 Å². The number of rotatable bonds is 4. The molecule has 2 rings (SSSR count). The minimum Gasteiger partial charge on any atom is -0.340 e. The number of benzene rings is 1. The molecule has 0 aliphatic carbocycles. The van der Waals surface area contributed by atoms with Gasteiger partial charge in [0.15, 0.2) is 0 Å². The van der Waals surface area contributed by atoms with Gasteiger partial charge in [0.1, 0.15) is 5.82 Å². The number of nitrogens with zero attached hydrogens (tertiary/aromatic N) is 1. The van der Waals surface area contributed by atoms with E-state index in [9.17, 15) is 17.6 Å². The molecule has 122 valence electrons. The summed E-state index contributed by atoms with van der Waals surface area (Å²) in [7, 11) is -3.28. The Labute approximate surface area is 130 Å². The number of sulfonamides is 1. The Bertz CT molecular complexity index is 656. The van der Waals surface area contributed by atoms with Gasteiger partial charge in [-0.25, -0.2) is 17.5 Å². The predicted octanol–water partition coefficient (Wildman–Crippen LogP) is 1.25. The lowest BCUT2D eigenvalue weighted by Gasteiger charge is -2.29. The molecule has 1 N–H and O–H groups in total. The number of amides is 1. The minimum absolute atomic E-state index is 0.0862. The topological polar surface area (TPSA) is 66.5 Å². The van der Waals surface area contributed by atoms with Gasteiger partial charge in [0, 0.05) is 19.1 Å². The van der Waals surface area contributed by atoms with Crippen molar-refractivity contribution in [1.82, 2.24) is 9.62 Å². The van der Waals surface area contributed by atoms with Gasteiger partial charge in [0.2, 0.25) is 15.9 Å². The van der Waals surface area contributed by atoms with Crippen LogP contribution in [0.2, 0.25) is 0 Å². The predicted molar refractivity (Wildman–Crippen MR) is 82.4 cm³/mol. The van der Waals surface area contributed by atoms with Crippen LogP contribution in [0.4, 0.5) is 4.39 Å². The summed E-state index contributed by atoms with van der Waals surface area (Å²) in [6.45, 7) is 4.45. The zero-order valence-electron chi connectivity index (χ0n) is 13.0. The molecule has 0 spiro atoms. The second kappa shape index (κ2) is 5.96. The monoisotopic (exact) mass is 328 g/mol. The number of halogens is 1. The van der Waals surface area contributed by atoms with Crippen LogP contribution in [0.25, 0.3) is 0 Å². The number of hydrogen-bond donors (Lipinski definition) is 1. The first-order chi connectivity index (χ1) is 10.1. The summed E-state index contributed by atoms with van der Waals surface area (Å²) in [6.07, 6.45) is 1.71. The maximum Gasteiger partial charge on any atom is 0.232 e. The second-order valence-electron chi connectivity index (χ2n) is 6.26. The van der Waals surface area contributed by atoms with Crippen LogP contribution in [0.5, 0.6) is 0 Å². The SMILES string of the molecule is CC(C)(C(=O)N1CCC(NS(C)(=O)=O)C1)c1ccc(F)cc1. The van der Waals surface area contributed by atoms with E-state index in [2.05, 4.69) is 4.72 Å². The lowest BCUT2D eigenvalue weighted by Crippen LogP contribution is -2.44. The largest absolute Gasteiger partial charge is 0.340 e. The van der Waals surface area contributed by atoms with Crippen molar-refractivity contribution in [2.24, 2.45) is 0 Å². The van der Waals surface area contributed by atoms with Crippen LogP contribution < -0.4 is 4.72 Å². The fourth-order valence-corrected chi connectivity index (χ4v) is 3.53. The van der Waals surface area contributed by atoms with Crippen molar-refractivity contribution in [3.05, 3.63) is 35.6 Å². The van der Waals surface area contributed by atoms with E-state index >= 15 is 0 Å². The lowest BCUT2D eigenvalue weighted by molar-refractivity contribution is -0.135. The van der Waals surface area contributed by atoms with Crippen LogP contribution in [0.15, 0.2) is 24.3 Å². The zero-order valence-corrected chi connectivity index (χ0v) is 13.8. The smallest absolute Gasteiger partial charge is 0.232 e. The number of hydrogen-bond acceptors (Lipinski definition) is 3. The molecule has 1 atom stereocenters. The highest BCUT2D eigenvalue weighted by Gasteiger charge is 2.37. The van der Waals surface area contributed by atoms with Gasteiger partial charge in [-0.1, -0.05) is 12.1 Å². The number of nitrogens with one attached hydrogen (secondary N) is 1. The Morgan fingerprint density at radius 2 is 1.91 bits per heavy atom. The average molecular weight is 328 g/mol. The molecule has 22 heavy (non-hydrogen) atoms. The summed E-state index contributed by atoms with van der Waals surface area (Å²) in [5.41, 5.74) is -0.0494. The molecular formula is C15H21FN2O3S. The summed E-state index contributed by atoms with van der Waals surface area (Å²) >= 11 is 0. The quantitative estimate of drug-likeness (QED) is 0.905. The third kappa shape index (κ3) is 3.84. The summed E-state index contributed by atoms with van der Waals surface area (Å²) in [4.78, 5) is 14.4. The number of likely N-dealkylation sites (tertiary alicyclic amines) is 1. The van der Waals surface area contributed by atoms with E-state index in [0.29, 0.717) is 19.5 Å². The molecule has 1 saturated heterocycles. The van der Waals surface area contributed by atoms with Gasteiger partial charge in [0.05, 0.1) is 11.7 Å². The fraction of sp³-hybridized carbons (Fsp3) is 0.533. The van der Waals surface area contributed by atoms with E-state index in [1.165, 1.54) is 12.1 Å². The van der Waals surface area contributed by atoms with Crippen LogP contribution >= 0.6 is 0 Å². The Kier molecular flexibility index (Phi) is 4.58. The highest BCUT2D eigenvalue weighted by molar-refractivity contribution is 7.88. The number of carbonyl (C=O) groups is 1. The first-order valence-electron chi connectivity index (χ1n) is 7.12. The summed E-state index contributed by atoms with van der Waals surface area (Å²) in [6, 6.07) is 5.64. The molecule has 1 fully saturated rings. The highest BCUT2D eigenvalue weighted by atomic mass is 32.2. The highest BCUT2D eigenvalue weighted by Crippen LogP contribution is 2.27. The van der Waals surface area contributed by atoms with E-state index in [4.69, 9.17) is 0 Å². The van der Waals surface area contributed by atoms with E-state index in [1.54, 1.807) is 30.9 Å². The van der Waals surface area contributed by atoms with Crippen molar-refractivity contribution in [3.63, 3.8) is 0 Å². The van der Waals surface area contributed by atoms with Crippen molar-refractivity contribution in [1.29, 1.82) is 0 Å². The van der Waals surface area contributed by atoms with Crippen LogP contribution in [-0.2, 0) is 20.2 Å². The molecule has 0 radical (unpaired) electrons. The van der Waals surface area contributed by atoms with E-state index in [0.717, 1.165) is 11.8 Å². The van der Waals surface area contributed by atoms with Gasteiger partial charge in [-0.15, -0.1) is 0 Å². The van der Waals surface area contributed by atoms with Gasteiger partial charge in [0.25, 0.3) is 0 Å². The number of carbonyl (C=O) groups excluding carboxylic acids is 1. The molecule has 1 unspecified atom stereocenters. The van der Waals surface area contributed by atoms with Crippen molar-refractivity contribution in [3.8, 4) is 0 Å². The Hall–Kier alpha value is -1.47. The van der Waals surface area contributed by atoms with Gasteiger partial charge < -0.3 is 4.90 Å². The van der Waals surface area contributed by atoms with Crippen LogP contribution in [0.1, 0.15) is 25.8 Å². The normalized spacial score (nSPS) is 19.5. The second-order valence-corrected chi connectivity index (χ2v) is 8.04. The van der Waals surface area contributed by atoms with Crippen molar-refractivity contribution in [2.75, 3.05) is 19.3 Å². The Balaban J connectivity index is 2.09. The summed E-state index contributed by atoms with van der Waals surface area (Å²) in [5, 5.41) is 0. The zero-order chi connectivity index (χ0) is 16.5. The third-order valence-electron chi connectivity index (χ3n) is 3.96. The molecule has 1 aliphatic rings. The Morgan fingerprint density at radius 3 is 2.45 bits per heavy atom. The fourth-order valence-electron chi connectivity index (χ4n) is 2.73. The Morgan fingerprint density at radius 1 is 1.32 bits per heavy atom. The van der Waals surface area contributed by atoms with Crippen LogP contribution in [0.3, 0.4) is 0 Å². The maximum atomic E-state index is 13.0. The van der Waals surface area contributed by atoms with E-state index in [1.807, 2.05) is 0 Å². The molecule has 1 aromatic carbocycles. The molecule has 1 heterocycles.